The van der Waals surface area contributed by atoms with Crippen LogP contribution in [0.4, 0.5) is 0 Å². The van der Waals surface area contributed by atoms with E-state index in [4.69, 9.17) is 0 Å². The fourth-order valence-electron chi connectivity index (χ4n) is 3.26. The Kier molecular flexibility index (Phi) is 6.21. The molecule has 3 rings (SSSR count). The van der Waals surface area contributed by atoms with Crippen molar-refractivity contribution in [1.29, 1.82) is 0 Å². The third-order valence-electron chi connectivity index (χ3n) is 4.88. The van der Waals surface area contributed by atoms with E-state index in [9.17, 15) is 5.11 Å². The first-order valence-corrected chi connectivity index (χ1v) is 9.23. The van der Waals surface area contributed by atoms with Crippen LogP contribution < -0.4 is 0 Å². The third-order valence-corrected chi connectivity index (χ3v) is 4.88. The maximum atomic E-state index is 9.93. The molecule has 3 aromatic rings. The van der Waals surface area contributed by atoms with Gasteiger partial charge in [0.15, 0.2) is 0 Å². The normalized spacial score (nSPS) is 13.5. The average Bonchev–Trinajstić information content (AvgIpc) is 2.68. The molecule has 0 aliphatic heterocycles. The lowest BCUT2D eigenvalue weighted by atomic mass is 10.0. The maximum absolute atomic E-state index is 9.93. The van der Waals surface area contributed by atoms with Gasteiger partial charge in [-0.15, -0.1) is 0 Å². The van der Waals surface area contributed by atoms with Gasteiger partial charge >= 0.3 is 0 Å². The smallest absolute Gasteiger partial charge is 0.0762 e. The quantitative estimate of drug-likeness (QED) is 0.611. The standard InChI is InChI=1S/C24H27NO/c1-19(23-14-9-15-24(16-23)20(2)26)25(17-21-10-5-3-6-11-21)18-22-12-7-4-8-13-22/h3-16,19-20,26H,17-18H2,1-2H3. The van der Waals surface area contributed by atoms with Gasteiger partial charge in [-0.25, -0.2) is 0 Å². The summed E-state index contributed by atoms with van der Waals surface area (Å²) in [4.78, 5) is 2.48. The molecule has 134 valence electrons. The molecule has 0 aromatic heterocycles. The van der Waals surface area contributed by atoms with Gasteiger partial charge in [-0.2, -0.15) is 0 Å². The molecule has 0 saturated heterocycles. The minimum Gasteiger partial charge on any atom is -0.389 e. The van der Waals surface area contributed by atoms with Crippen molar-refractivity contribution < 1.29 is 5.11 Å². The lowest BCUT2D eigenvalue weighted by Crippen LogP contribution is -2.26. The van der Waals surface area contributed by atoms with Gasteiger partial charge < -0.3 is 5.11 Å². The molecule has 0 aliphatic carbocycles. The summed E-state index contributed by atoms with van der Waals surface area (Å²) in [5, 5.41) is 9.93. The molecule has 0 bridgehead atoms. The zero-order chi connectivity index (χ0) is 18.4. The van der Waals surface area contributed by atoms with Crippen molar-refractivity contribution in [1.82, 2.24) is 4.90 Å². The predicted molar refractivity (Wildman–Crippen MR) is 108 cm³/mol. The van der Waals surface area contributed by atoms with Crippen molar-refractivity contribution in [2.75, 3.05) is 0 Å². The van der Waals surface area contributed by atoms with Crippen LogP contribution in [0.2, 0.25) is 0 Å². The van der Waals surface area contributed by atoms with E-state index in [-0.39, 0.29) is 6.04 Å². The largest absolute Gasteiger partial charge is 0.389 e. The average molecular weight is 345 g/mol. The summed E-state index contributed by atoms with van der Waals surface area (Å²) < 4.78 is 0. The number of hydrogen-bond acceptors (Lipinski definition) is 2. The predicted octanol–water partition coefficient (Wildman–Crippen LogP) is 5.50. The first-order chi connectivity index (χ1) is 12.6. The number of aliphatic hydroxyl groups is 1. The molecule has 2 atom stereocenters. The molecule has 2 heteroatoms. The van der Waals surface area contributed by atoms with E-state index in [0.29, 0.717) is 0 Å². The van der Waals surface area contributed by atoms with Crippen molar-refractivity contribution >= 4 is 0 Å². The van der Waals surface area contributed by atoms with Gasteiger partial charge in [-0.05, 0) is 36.1 Å². The fraction of sp³-hybridized carbons (Fsp3) is 0.250. The number of benzene rings is 3. The molecular weight excluding hydrogens is 318 g/mol. The summed E-state index contributed by atoms with van der Waals surface area (Å²) in [6.45, 7) is 5.83. The molecule has 0 amide bonds. The Bertz CT molecular complexity index is 757. The summed E-state index contributed by atoms with van der Waals surface area (Å²) in [6.07, 6.45) is -0.446. The van der Waals surface area contributed by atoms with E-state index in [1.807, 2.05) is 19.1 Å². The molecule has 3 aromatic carbocycles. The molecule has 0 saturated carbocycles. The number of hydrogen-bond donors (Lipinski definition) is 1. The highest BCUT2D eigenvalue weighted by Gasteiger charge is 2.17. The van der Waals surface area contributed by atoms with E-state index >= 15 is 0 Å². The Morgan fingerprint density at radius 2 is 1.19 bits per heavy atom. The van der Waals surface area contributed by atoms with E-state index in [0.717, 1.165) is 18.7 Å². The van der Waals surface area contributed by atoms with Gasteiger partial charge in [0.25, 0.3) is 0 Å². The molecule has 0 aliphatic rings. The van der Waals surface area contributed by atoms with Gasteiger partial charge in [0.2, 0.25) is 0 Å². The van der Waals surface area contributed by atoms with Crippen molar-refractivity contribution in [3.8, 4) is 0 Å². The fourth-order valence-corrected chi connectivity index (χ4v) is 3.26. The Labute approximate surface area is 156 Å². The molecule has 0 fully saturated rings. The lowest BCUT2D eigenvalue weighted by Gasteiger charge is -2.30. The van der Waals surface area contributed by atoms with Crippen LogP contribution in [0.5, 0.6) is 0 Å². The minimum atomic E-state index is -0.446. The third kappa shape index (κ3) is 4.81. The molecule has 0 radical (unpaired) electrons. The first kappa shape index (κ1) is 18.4. The van der Waals surface area contributed by atoms with Crippen LogP contribution >= 0.6 is 0 Å². The summed E-state index contributed by atoms with van der Waals surface area (Å²) in [7, 11) is 0. The molecule has 0 spiro atoms. The Morgan fingerprint density at radius 3 is 1.69 bits per heavy atom. The summed E-state index contributed by atoms with van der Waals surface area (Å²) >= 11 is 0. The van der Waals surface area contributed by atoms with Gasteiger partial charge in [0, 0.05) is 19.1 Å². The number of aliphatic hydroxyl groups excluding tert-OH is 1. The van der Waals surface area contributed by atoms with Crippen LogP contribution in [0, 0.1) is 0 Å². The SMILES string of the molecule is CC(O)c1cccc(C(C)N(Cc2ccccc2)Cc2ccccc2)c1. The van der Waals surface area contributed by atoms with E-state index < -0.39 is 6.10 Å². The number of nitrogens with zero attached hydrogens (tertiary/aromatic N) is 1. The van der Waals surface area contributed by atoms with Crippen LogP contribution in [0.1, 0.15) is 48.2 Å². The van der Waals surface area contributed by atoms with Crippen molar-refractivity contribution in [2.24, 2.45) is 0 Å². The van der Waals surface area contributed by atoms with Gasteiger partial charge in [-0.3, -0.25) is 4.90 Å². The molecule has 26 heavy (non-hydrogen) atoms. The molecule has 1 N–H and O–H groups in total. The zero-order valence-corrected chi connectivity index (χ0v) is 15.5. The second-order valence-corrected chi connectivity index (χ2v) is 6.90. The van der Waals surface area contributed by atoms with Crippen LogP contribution in [-0.4, -0.2) is 10.0 Å². The summed E-state index contributed by atoms with van der Waals surface area (Å²) in [5.74, 6) is 0. The topological polar surface area (TPSA) is 23.5 Å². The van der Waals surface area contributed by atoms with Gasteiger partial charge in [0.05, 0.1) is 6.10 Å². The first-order valence-electron chi connectivity index (χ1n) is 9.23. The van der Waals surface area contributed by atoms with E-state index in [2.05, 4.69) is 84.6 Å². The Balaban J connectivity index is 1.87. The molecule has 0 heterocycles. The zero-order valence-electron chi connectivity index (χ0n) is 15.5. The lowest BCUT2D eigenvalue weighted by molar-refractivity contribution is 0.188. The second kappa shape index (κ2) is 8.79. The minimum absolute atomic E-state index is 0.245. The maximum Gasteiger partial charge on any atom is 0.0762 e. The van der Waals surface area contributed by atoms with Crippen LogP contribution in [-0.2, 0) is 13.1 Å². The van der Waals surface area contributed by atoms with Crippen molar-refractivity contribution in [2.45, 2.75) is 39.1 Å². The van der Waals surface area contributed by atoms with Crippen molar-refractivity contribution in [3.63, 3.8) is 0 Å². The summed E-state index contributed by atoms with van der Waals surface area (Å²) in [5.41, 5.74) is 4.81. The molecule has 2 unspecified atom stereocenters. The number of rotatable bonds is 7. The Hall–Kier alpha value is -2.42. The highest BCUT2D eigenvalue weighted by Crippen LogP contribution is 2.26. The highest BCUT2D eigenvalue weighted by atomic mass is 16.3. The van der Waals surface area contributed by atoms with Crippen LogP contribution in [0.15, 0.2) is 84.9 Å². The summed E-state index contributed by atoms with van der Waals surface area (Å²) in [6, 6.07) is 29.7. The van der Waals surface area contributed by atoms with Crippen LogP contribution in [0.3, 0.4) is 0 Å². The van der Waals surface area contributed by atoms with Crippen LogP contribution in [0.25, 0.3) is 0 Å². The molecular formula is C24H27NO. The highest BCUT2D eigenvalue weighted by molar-refractivity contribution is 5.28. The monoisotopic (exact) mass is 345 g/mol. The van der Waals surface area contributed by atoms with Crippen molar-refractivity contribution in [3.05, 3.63) is 107 Å². The van der Waals surface area contributed by atoms with Gasteiger partial charge in [0.1, 0.15) is 0 Å². The Morgan fingerprint density at radius 1 is 0.692 bits per heavy atom. The van der Waals surface area contributed by atoms with E-state index in [1.54, 1.807) is 0 Å². The van der Waals surface area contributed by atoms with Gasteiger partial charge in [-0.1, -0.05) is 84.9 Å². The molecule has 2 nitrogen and oxygen atoms in total. The van der Waals surface area contributed by atoms with E-state index in [1.165, 1.54) is 16.7 Å². The second-order valence-electron chi connectivity index (χ2n) is 6.90.